The number of hydrogen-bond donors (Lipinski definition) is 2. The molecular weight excluding hydrogens is 257 g/mol. The number of nitrogens with one attached hydrogen (secondary N) is 1. The predicted molar refractivity (Wildman–Crippen MR) is 75.9 cm³/mol. The monoisotopic (exact) mass is 277 g/mol. The van der Waals surface area contributed by atoms with Gasteiger partial charge in [0.15, 0.2) is 0 Å². The number of aryl methyl sites for hydroxylation is 2. The summed E-state index contributed by atoms with van der Waals surface area (Å²) in [6.45, 7) is 6.07. The third-order valence-corrected chi connectivity index (χ3v) is 3.26. The van der Waals surface area contributed by atoms with Gasteiger partial charge < -0.3 is 14.8 Å². The fraction of sp³-hybridized carbons (Fsp3) is 0.375. The van der Waals surface area contributed by atoms with Crippen molar-refractivity contribution in [2.75, 3.05) is 6.54 Å². The number of halogens is 1. The molecule has 3 nitrogen and oxygen atoms in total. The molecule has 0 amide bonds. The summed E-state index contributed by atoms with van der Waals surface area (Å²) in [5, 5.41) is 13.4. The average Bonchev–Trinajstić information content (AvgIpc) is 2.81. The van der Waals surface area contributed by atoms with Gasteiger partial charge in [0.05, 0.1) is 0 Å². The molecule has 1 atom stereocenters. The van der Waals surface area contributed by atoms with E-state index in [0.29, 0.717) is 17.9 Å². The summed E-state index contributed by atoms with van der Waals surface area (Å²) >= 11 is 0. The van der Waals surface area contributed by atoms with Crippen LogP contribution in [0.2, 0.25) is 0 Å². The Morgan fingerprint density at radius 1 is 1.25 bits per heavy atom. The molecule has 1 aromatic heterocycles. The van der Waals surface area contributed by atoms with Crippen molar-refractivity contribution < 1.29 is 13.9 Å². The van der Waals surface area contributed by atoms with E-state index in [2.05, 4.69) is 5.32 Å². The highest BCUT2D eigenvalue weighted by molar-refractivity contribution is 5.24. The highest BCUT2D eigenvalue weighted by Crippen LogP contribution is 2.22. The fourth-order valence-electron chi connectivity index (χ4n) is 2.09. The topological polar surface area (TPSA) is 45.4 Å². The van der Waals surface area contributed by atoms with Crippen LogP contribution in [-0.4, -0.2) is 11.7 Å². The van der Waals surface area contributed by atoms with E-state index in [-0.39, 0.29) is 12.4 Å². The molecule has 1 heterocycles. The molecule has 0 fully saturated rings. The maximum atomic E-state index is 13.6. The molecule has 108 valence electrons. The maximum Gasteiger partial charge on any atom is 0.136 e. The van der Waals surface area contributed by atoms with E-state index in [1.165, 1.54) is 6.07 Å². The Morgan fingerprint density at radius 3 is 2.65 bits per heavy atom. The minimum Gasteiger partial charge on any atom is -0.463 e. The van der Waals surface area contributed by atoms with Crippen LogP contribution in [0.15, 0.2) is 34.7 Å². The first kappa shape index (κ1) is 14.8. The standard InChI is InChI=1S/C16H20FNO2/c1-11-4-6-14(17)13(8-11)9-18-10-16(3,19)15-7-5-12(2)20-15/h4-8,18-19H,9-10H2,1-3H3. The summed E-state index contributed by atoms with van der Waals surface area (Å²) in [5.41, 5.74) is 0.488. The zero-order valence-electron chi connectivity index (χ0n) is 12.0. The van der Waals surface area contributed by atoms with E-state index < -0.39 is 5.60 Å². The van der Waals surface area contributed by atoms with Crippen LogP contribution in [0.3, 0.4) is 0 Å². The van der Waals surface area contributed by atoms with Gasteiger partial charge in [-0.15, -0.1) is 0 Å². The molecule has 20 heavy (non-hydrogen) atoms. The van der Waals surface area contributed by atoms with Crippen LogP contribution in [0.1, 0.15) is 29.6 Å². The maximum absolute atomic E-state index is 13.6. The molecule has 2 N–H and O–H groups in total. The molecule has 1 unspecified atom stereocenters. The molecule has 2 aromatic rings. The van der Waals surface area contributed by atoms with Crippen molar-refractivity contribution in [1.82, 2.24) is 5.32 Å². The Bertz CT molecular complexity index is 590. The van der Waals surface area contributed by atoms with Gasteiger partial charge in [-0.2, -0.15) is 0 Å². The number of hydrogen-bond acceptors (Lipinski definition) is 3. The van der Waals surface area contributed by atoms with Gasteiger partial charge in [0.2, 0.25) is 0 Å². The van der Waals surface area contributed by atoms with E-state index in [4.69, 9.17) is 4.42 Å². The van der Waals surface area contributed by atoms with Crippen molar-refractivity contribution in [2.45, 2.75) is 32.9 Å². The van der Waals surface area contributed by atoms with Gasteiger partial charge in [-0.05, 0) is 39.0 Å². The lowest BCUT2D eigenvalue weighted by Gasteiger charge is -2.21. The van der Waals surface area contributed by atoms with Crippen LogP contribution >= 0.6 is 0 Å². The van der Waals surface area contributed by atoms with Gasteiger partial charge >= 0.3 is 0 Å². The number of aliphatic hydroxyl groups is 1. The number of furan rings is 1. The third kappa shape index (κ3) is 3.46. The van der Waals surface area contributed by atoms with Gasteiger partial charge in [0, 0.05) is 18.7 Å². The van der Waals surface area contributed by atoms with E-state index in [0.717, 1.165) is 11.3 Å². The summed E-state index contributed by atoms with van der Waals surface area (Å²) in [5.74, 6) is 1.02. The van der Waals surface area contributed by atoms with Gasteiger partial charge in [0.1, 0.15) is 22.9 Å². The second-order valence-corrected chi connectivity index (χ2v) is 5.38. The highest BCUT2D eigenvalue weighted by atomic mass is 19.1. The zero-order valence-corrected chi connectivity index (χ0v) is 12.0. The zero-order chi connectivity index (χ0) is 14.8. The molecule has 0 bridgehead atoms. The molecule has 0 saturated carbocycles. The van der Waals surface area contributed by atoms with Crippen LogP contribution < -0.4 is 5.32 Å². The minimum absolute atomic E-state index is 0.239. The minimum atomic E-state index is -1.12. The molecule has 0 spiro atoms. The van der Waals surface area contributed by atoms with E-state index in [1.807, 2.05) is 19.9 Å². The smallest absolute Gasteiger partial charge is 0.136 e. The Kier molecular flexibility index (Phi) is 4.26. The molecule has 0 radical (unpaired) electrons. The van der Waals surface area contributed by atoms with Gasteiger partial charge in [-0.3, -0.25) is 0 Å². The summed E-state index contributed by atoms with van der Waals surface area (Å²) in [4.78, 5) is 0. The number of rotatable bonds is 5. The molecule has 0 aliphatic heterocycles. The molecule has 0 aliphatic carbocycles. The summed E-state index contributed by atoms with van der Waals surface area (Å²) in [6, 6.07) is 8.56. The molecule has 4 heteroatoms. The molecule has 1 aromatic carbocycles. The van der Waals surface area contributed by atoms with Gasteiger partial charge in [-0.25, -0.2) is 4.39 Å². The van der Waals surface area contributed by atoms with Crippen molar-refractivity contribution in [3.63, 3.8) is 0 Å². The summed E-state index contributed by atoms with van der Waals surface area (Å²) in [6.07, 6.45) is 0. The average molecular weight is 277 g/mol. The van der Waals surface area contributed by atoms with Gasteiger partial charge in [-0.1, -0.05) is 17.7 Å². The third-order valence-electron chi connectivity index (χ3n) is 3.26. The van der Waals surface area contributed by atoms with Crippen LogP contribution in [0, 0.1) is 19.7 Å². The lowest BCUT2D eigenvalue weighted by atomic mass is 10.0. The van der Waals surface area contributed by atoms with Crippen LogP contribution in [0.4, 0.5) is 4.39 Å². The first-order valence-electron chi connectivity index (χ1n) is 6.63. The summed E-state index contributed by atoms with van der Waals surface area (Å²) < 4.78 is 19.0. The Morgan fingerprint density at radius 2 is 2.00 bits per heavy atom. The summed E-state index contributed by atoms with van der Waals surface area (Å²) in [7, 11) is 0. The van der Waals surface area contributed by atoms with Crippen molar-refractivity contribution in [3.8, 4) is 0 Å². The molecular formula is C16H20FNO2. The van der Waals surface area contributed by atoms with Crippen molar-refractivity contribution in [1.29, 1.82) is 0 Å². The second-order valence-electron chi connectivity index (χ2n) is 5.38. The lowest BCUT2D eigenvalue weighted by Crippen LogP contribution is -2.35. The van der Waals surface area contributed by atoms with E-state index >= 15 is 0 Å². The predicted octanol–water partition coefficient (Wildman–Crippen LogP) is 3.03. The normalized spacial score (nSPS) is 14.2. The first-order valence-corrected chi connectivity index (χ1v) is 6.63. The quantitative estimate of drug-likeness (QED) is 0.883. The van der Waals surface area contributed by atoms with E-state index in [1.54, 1.807) is 25.1 Å². The van der Waals surface area contributed by atoms with Crippen LogP contribution in [0.5, 0.6) is 0 Å². The van der Waals surface area contributed by atoms with Gasteiger partial charge in [0.25, 0.3) is 0 Å². The first-order chi connectivity index (χ1) is 9.38. The number of benzene rings is 1. The van der Waals surface area contributed by atoms with Crippen molar-refractivity contribution >= 4 is 0 Å². The van der Waals surface area contributed by atoms with Crippen molar-refractivity contribution in [3.05, 3.63) is 58.8 Å². The second kappa shape index (κ2) is 5.77. The molecule has 2 rings (SSSR count). The Labute approximate surface area is 118 Å². The van der Waals surface area contributed by atoms with Crippen LogP contribution in [-0.2, 0) is 12.1 Å². The van der Waals surface area contributed by atoms with Crippen molar-refractivity contribution in [2.24, 2.45) is 0 Å². The SMILES string of the molecule is Cc1ccc(F)c(CNCC(C)(O)c2ccc(C)o2)c1. The van der Waals surface area contributed by atoms with E-state index in [9.17, 15) is 9.50 Å². The molecule has 0 saturated heterocycles. The molecule has 0 aliphatic rings. The Hall–Kier alpha value is -1.65. The fourth-order valence-corrected chi connectivity index (χ4v) is 2.09. The lowest BCUT2D eigenvalue weighted by molar-refractivity contribution is 0.0332. The highest BCUT2D eigenvalue weighted by Gasteiger charge is 2.26. The largest absolute Gasteiger partial charge is 0.463 e. The van der Waals surface area contributed by atoms with Crippen LogP contribution in [0.25, 0.3) is 0 Å². The Balaban J connectivity index is 1.97.